The van der Waals surface area contributed by atoms with Crippen molar-refractivity contribution in [2.45, 2.75) is 58.4 Å². The van der Waals surface area contributed by atoms with Crippen molar-refractivity contribution in [2.75, 3.05) is 0 Å². The number of nitrogens with zero attached hydrogens (tertiary/aromatic N) is 2. The highest BCUT2D eigenvalue weighted by Crippen LogP contribution is 2.24. The summed E-state index contributed by atoms with van der Waals surface area (Å²) in [5.41, 5.74) is 7.65. The van der Waals surface area contributed by atoms with Gasteiger partial charge < -0.3 is 0 Å². The zero-order chi connectivity index (χ0) is 19.4. The third kappa shape index (κ3) is 5.20. The van der Waals surface area contributed by atoms with E-state index in [-0.39, 0.29) is 10.8 Å². The van der Waals surface area contributed by atoms with Gasteiger partial charge in [-0.3, -0.25) is 5.43 Å². The van der Waals surface area contributed by atoms with Crippen molar-refractivity contribution < 1.29 is 0 Å². The van der Waals surface area contributed by atoms with Gasteiger partial charge in [0, 0.05) is 0 Å². The fraction of sp³-hybridized carbons (Fsp3) is 0.391. The second-order valence-corrected chi connectivity index (χ2v) is 8.69. The number of benzene rings is 2. The lowest BCUT2D eigenvalue weighted by Crippen LogP contribution is -2.15. The van der Waals surface area contributed by atoms with Crippen molar-refractivity contribution in [3.63, 3.8) is 0 Å². The van der Waals surface area contributed by atoms with Gasteiger partial charge in [0.25, 0.3) is 0 Å². The van der Waals surface area contributed by atoms with E-state index in [1.165, 1.54) is 11.1 Å². The van der Waals surface area contributed by atoms with Crippen molar-refractivity contribution in [1.29, 1.82) is 5.26 Å². The minimum atomic E-state index is -0.464. The first-order chi connectivity index (χ1) is 12.1. The molecule has 0 spiro atoms. The van der Waals surface area contributed by atoms with E-state index in [1.807, 2.05) is 24.3 Å². The Balaban J connectivity index is 2.04. The zero-order valence-electron chi connectivity index (χ0n) is 16.7. The van der Waals surface area contributed by atoms with E-state index >= 15 is 0 Å². The molecule has 0 radical (unpaired) electrons. The number of nitriles is 1. The van der Waals surface area contributed by atoms with E-state index < -0.39 is 6.04 Å². The molecule has 136 valence electrons. The first-order valence-corrected chi connectivity index (χ1v) is 9.00. The van der Waals surface area contributed by atoms with E-state index in [9.17, 15) is 5.26 Å². The average Bonchev–Trinajstić information content (AvgIpc) is 2.58. The Kier molecular flexibility index (Phi) is 5.87. The van der Waals surface area contributed by atoms with E-state index in [0.717, 1.165) is 11.1 Å². The van der Waals surface area contributed by atoms with Crippen molar-refractivity contribution in [1.82, 2.24) is 5.43 Å². The van der Waals surface area contributed by atoms with Gasteiger partial charge in [0.05, 0.1) is 12.3 Å². The number of hydrazone groups is 1. The molecule has 0 aromatic heterocycles. The molecule has 2 rings (SSSR count). The van der Waals surface area contributed by atoms with E-state index in [0.29, 0.717) is 0 Å². The molecule has 0 aliphatic heterocycles. The van der Waals surface area contributed by atoms with E-state index in [2.05, 4.69) is 82.4 Å². The van der Waals surface area contributed by atoms with Gasteiger partial charge in [-0.25, -0.2) is 0 Å². The van der Waals surface area contributed by atoms with Crippen molar-refractivity contribution in [3.05, 3.63) is 70.8 Å². The lowest BCUT2D eigenvalue weighted by Gasteiger charge is -2.19. The van der Waals surface area contributed by atoms with Crippen molar-refractivity contribution in [3.8, 4) is 6.07 Å². The Labute approximate surface area is 157 Å². The quantitative estimate of drug-likeness (QED) is 0.589. The fourth-order valence-corrected chi connectivity index (χ4v) is 2.61. The molecule has 0 aliphatic carbocycles. The molecular formula is C23H29N3. The first-order valence-electron chi connectivity index (χ1n) is 9.00. The maximum absolute atomic E-state index is 9.45. The first kappa shape index (κ1) is 19.7. The molecule has 0 saturated carbocycles. The summed E-state index contributed by atoms with van der Waals surface area (Å²) >= 11 is 0. The van der Waals surface area contributed by atoms with Gasteiger partial charge in [-0.2, -0.15) is 10.4 Å². The summed E-state index contributed by atoms with van der Waals surface area (Å²) in [4.78, 5) is 0. The molecule has 1 unspecified atom stereocenters. The molecule has 0 fully saturated rings. The third-order valence-electron chi connectivity index (χ3n) is 4.43. The van der Waals surface area contributed by atoms with E-state index in [1.54, 1.807) is 6.21 Å². The molecule has 0 heterocycles. The van der Waals surface area contributed by atoms with E-state index in [4.69, 9.17) is 0 Å². The second-order valence-electron chi connectivity index (χ2n) is 8.69. The lowest BCUT2D eigenvalue weighted by atomic mass is 9.86. The number of hydrogen-bond donors (Lipinski definition) is 1. The molecule has 0 amide bonds. The smallest absolute Gasteiger partial charge is 0.155 e. The number of rotatable bonds is 4. The van der Waals surface area contributed by atoms with Gasteiger partial charge in [0.2, 0.25) is 0 Å². The predicted octanol–water partition coefficient (Wildman–Crippen LogP) is 5.47. The highest BCUT2D eigenvalue weighted by atomic mass is 15.3. The third-order valence-corrected chi connectivity index (χ3v) is 4.43. The van der Waals surface area contributed by atoms with Crippen LogP contribution in [0.3, 0.4) is 0 Å². The largest absolute Gasteiger partial charge is 0.288 e. The minimum absolute atomic E-state index is 0.103. The molecule has 0 bridgehead atoms. The van der Waals surface area contributed by atoms with Gasteiger partial charge >= 0.3 is 0 Å². The van der Waals surface area contributed by atoms with Crippen LogP contribution in [-0.4, -0.2) is 6.21 Å². The summed E-state index contributed by atoms with van der Waals surface area (Å²) < 4.78 is 0. The maximum atomic E-state index is 9.45. The maximum Gasteiger partial charge on any atom is 0.155 e. The van der Waals surface area contributed by atoms with Crippen LogP contribution in [0.2, 0.25) is 0 Å². The monoisotopic (exact) mass is 347 g/mol. The van der Waals surface area contributed by atoms with Crippen LogP contribution in [-0.2, 0) is 10.8 Å². The normalized spacial score (nSPS) is 13.4. The standard InChI is InChI=1S/C23H29N3/c1-22(2,3)19-11-7-17(8-12-19)16-25-26-21(15-24)18-9-13-20(14-10-18)23(4,5)6/h7-14,16,21,26H,1-6H3/b25-16+. The summed E-state index contributed by atoms with van der Waals surface area (Å²) in [6.07, 6.45) is 1.75. The van der Waals surface area contributed by atoms with Crippen LogP contribution >= 0.6 is 0 Å². The van der Waals surface area contributed by atoms with Crippen LogP contribution in [0.25, 0.3) is 0 Å². The molecule has 0 saturated heterocycles. The second kappa shape index (κ2) is 7.74. The molecule has 3 nitrogen and oxygen atoms in total. The van der Waals surface area contributed by atoms with Crippen molar-refractivity contribution >= 4 is 6.21 Å². The van der Waals surface area contributed by atoms with Crippen LogP contribution in [0.5, 0.6) is 0 Å². The van der Waals surface area contributed by atoms with Crippen LogP contribution in [0.15, 0.2) is 53.6 Å². The molecule has 26 heavy (non-hydrogen) atoms. The number of nitrogens with one attached hydrogen (secondary N) is 1. The van der Waals surface area contributed by atoms with Crippen LogP contribution in [0.4, 0.5) is 0 Å². The zero-order valence-corrected chi connectivity index (χ0v) is 16.7. The highest BCUT2D eigenvalue weighted by molar-refractivity contribution is 5.79. The fourth-order valence-electron chi connectivity index (χ4n) is 2.61. The summed E-state index contributed by atoms with van der Waals surface area (Å²) in [6, 6.07) is 18.3. The highest BCUT2D eigenvalue weighted by Gasteiger charge is 2.15. The Bertz CT molecular complexity index is 780. The predicted molar refractivity (Wildman–Crippen MR) is 109 cm³/mol. The Morgan fingerprint density at radius 3 is 1.73 bits per heavy atom. The SMILES string of the molecule is CC(C)(C)c1ccc(/C=N/NC(C#N)c2ccc(C(C)(C)C)cc2)cc1. The topological polar surface area (TPSA) is 48.2 Å². The Morgan fingerprint density at radius 2 is 1.31 bits per heavy atom. The van der Waals surface area contributed by atoms with Gasteiger partial charge in [0.1, 0.15) is 0 Å². The van der Waals surface area contributed by atoms with Crippen molar-refractivity contribution in [2.24, 2.45) is 5.10 Å². The van der Waals surface area contributed by atoms with Crippen LogP contribution in [0, 0.1) is 11.3 Å². The summed E-state index contributed by atoms with van der Waals surface area (Å²) in [7, 11) is 0. The van der Waals surface area contributed by atoms with Crippen LogP contribution in [0.1, 0.15) is 69.8 Å². The average molecular weight is 348 g/mol. The lowest BCUT2D eigenvalue weighted by molar-refractivity contribution is 0.589. The summed E-state index contributed by atoms with van der Waals surface area (Å²) in [6.45, 7) is 13.1. The van der Waals surface area contributed by atoms with Gasteiger partial charge in [-0.05, 0) is 33.1 Å². The molecular weight excluding hydrogens is 318 g/mol. The molecule has 2 aromatic carbocycles. The Morgan fingerprint density at radius 1 is 0.846 bits per heavy atom. The summed E-state index contributed by atoms with van der Waals surface area (Å²) in [5.74, 6) is 0. The van der Waals surface area contributed by atoms with Crippen LogP contribution < -0.4 is 5.43 Å². The minimum Gasteiger partial charge on any atom is -0.288 e. The molecule has 1 N–H and O–H groups in total. The molecule has 2 aromatic rings. The van der Waals surface area contributed by atoms with Gasteiger partial charge in [0.15, 0.2) is 6.04 Å². The summed E-state index contributed by atoms with van der Waals surface area (Å²) in [5, 5.41) is 13.7. The Hall–Kier alpha value is -2.60. The van der Waals surface area contributed by atoms with Gasteiger partial charge in [-0.15, -0.1) is 0 Å². The molecule has 1 atom stereocenters. The molecule has 0 aliphatic rings. The molecule has 3 heteroatoms. The number of hydrogen-bond acceptors (Lipinski definition) is 3. The van der Waals surface area contributed by atoms with Gasteiger partial charge in [-0.1, -0.05) is 90.1 Å².